The Balaban J connectivity index is 2.47. The first-order chi connectivity index (χ1) is 6.38. The Hall–Kier alpha value is -0.480. The van der Waals surface area contributed by atoms with Gasteiger partial charge in [-0.3, -0.25) is 0 Å². The van der Waals surface area contributed by atoms with E-state index < -0.39 is 0 Å². The van der Waals surface area contributed by atoms with Crippen molar-refractivity contribution in [1.29, 1.82) is 0 Å². The van der Waals surface area contributed by atoms with E-state index in [1.807, 2.05) is 5.38 Å². The van der Waals surface area contributed by atoms with Crippen molar-refractivity contribution in [3.63, 3.8) is 0 Å². The quantitative estimate of drug-likeness (QED) is 0.764. The largest absolute Gasteiger partial charge is 0.309 e. The van der Waals surface area contributed by atoms with Crippen LogP contribution in [0.4, 0.5) is 0 Å². The smallest absolute Gasteiger partial charge is 0.0924 e. The van der Waals surface area contributed by atoms with Crippen molar-refractivity contribution in [2.24, 2.45) is 0 Å². The van der Waals surface area contributed by atoms with E-state index in [4.69, 9.17) is 0 Å². The van der Waals surface area contributed by atoms with Crippen LogP contribution in [0, 0.1) is 0 Å². The molecule has 0 aliphatic rings. The van der Waals surface area contributed by atoms with E-state index in [1.165, 1.54) is 18.0 Å². The van der Waals surface area contributed by atoms with Crippen molar-refractivity contribution < 1.29 is 0 Å². The summed E-state index contributed by atoms with van der Waals surface area (Å²) in [6, 6.07) is 0.406. The third kappa shape index (κ3) is 3.40. The van der Waals surface area contributed by atoms with Gasteiger partial charge in [0.05, 0.1) is 11.7 Å². The first kappa shape index (κ1) is 10.6. The summed E-state index contributed by atoms with van der Waals surface area (Å²) < 4.78 is 3.89. The van der Waals surface area contributed by atoms with Gasteiger partial charge in [0.15, 0.2) is 0 Å². The van der Waals surface area contributed by atoms with E-state index in [9.17, 15) is 0 Å². The summed E-state index contributed by atoms with van der Waals surface area (Å²) >= 11 is 1.43. The fourth-order valence-corrected chi connectivity index (χ4v) is 1.79. The molecule has 4 heteroatoms. The number of hydrogen-bond donors (Lipinski definition) is 1. The molecule has 3 nitrogen and oxygen atoms in total. The monoisotopic (exact) mass is 199 g/mol. The molecule has 0 saturated heterocycles. The zero-order valence-corrected chi connectivity index (χ0v) is 9.10. The summed E-state index contributed by atoms with van der Waals surface area (Å²) in [6.45, 7) is 5.43. The molecule has 0 aromatic carbocycles. The normalized spacial score (nSPS) is 13.1. The average Bonchev–Trinajstić information content (AvgIpc) is 2.65. The van der Waals surface area contributed by atoms with Crippen LogP contribution in [0.5, 0.6) is 0 Å². The van der Waals surface area contributed by atoms with E-state index in [-0.39, 0.29) is 0 Å². The molecular weight excluding hydrogens is 182 g/mol. The van der Waals surface area contributed by atoms with Crippen LogP contribution in [-0.4, -0.2) is 16.1 Å². The van der Waals surface area contributed by atoms with Crippen molar-refractivity contribution in [3.8, 4) is 0 Å². The van der Waals surface area contributed by atoms with Gasteiger partial charge >= 0.3 is 0 Å². The maximum atomic E-state index is 4.09. The highest BCUT2D eigenvalue weighted by molar-refractivity contribution is 7.03. The highest BCUT2D eigenvalue weighted by Crippen LogP contribution is 2.16. The van der Waals surface area contributed by atoms with Crippen LogP contribution in [0.1, 0.15) is 44.8 Å². The molecule has 0 radical (unpaired) electrons. The molecule has 13 heavy (non-hydrogen) atoms. The van der Waals surface area contributed by atoms with Crippen LogP contribution < -0.4 is 5.32 Å². The Morgan fingerprint density at radius 2 is 2.31 bits per heavy atom. The molecule has 1 heterocycles. The van der Waals surface area contributed by atoms with Crippen LogP contribution >= 0.6 is 11.5 Å². The Labute approximate surface area is 83.7 Å². The fraction of sp³-hybridized carbons (Fsp3) is 0.778. The van der Waals surface area contributed by atoms with Gasteiger partial charge in [-0.1, -0.05) is 24.8 Å². The van der Waals surface area contributed by atoms with E-state index in [2.05, 4.69) is 28.8 Å². The van der Waals surface area contributed by atoms with Gasteiger partial charge in [-0.2, -0.15) is 0 Å². The SMILES string of the molecule is CCCNC(CCC)c1csnn1. The van der Waals surface area contributed by atoms with Crippen LogP contribution in [0.3, 0.4) is 0 Å². The Kier molecular flexibility index (Phi) is 4.93. The minimum Gasteiger partial charge on any atom is -0.309 e. The standard InChI is InChI=1S/C9H17N3S/c1-3-5-8(10-6-4-2)9-7-13-12-11-9/h7-8,10H,3-6H2,1-2H3. The molecule has 0 bridgehead atoms. The number of nitrogens with one attached hydrogen (secondary N) is 1. The Bertz CT molecular complexity index is 211. The molecule has 1 unspecified atom stereocenters. The second kappa shape index (κ2) is 6.05. The summed E-state index contributed by atoms with van der Waals surface area (Å²) in [7, 11) is 0. The van der Waals surface area contributed by atoms with Crippen LogP contribution in [-0.2, 0) is 0 Å². The highest BCUT2D eigenvalue weighted by Gasteiger charge is 2.11. The van der Waals surface area contributed by atoms with Crippen molar-refractivity contribution in [3.05, 3.63) is 11.1 Å². The second-order valence-electron chi connectivity index (χ2n) is 3.13. The van der Waals surface area contributed by atoms with E-state index in [0.717, 1.165) is 25.1 Å². The summed E-state index contributed by atoms with van der Waals surface area (Å²) in [6.07, 6.45) is 3.49. The highest BCUT2D eigenvalue weighted by atomic mass is 32.1. The molecule has 74 valence electrons. The predicted molar refractivity (Wildman–Crippen MR) is 55.9 cm³/mol. The third-order valence-corrected chi connectivity index (χ3v) is 2.47. The van der Waals surface area contributed by atoms with E-state index >= 15 is 0 Å². The van der Waals surface area contributed by atoms with Crippen molar-refractivity contribution >= 4 is 11.5 Å². The number of nitrogens with zero attached hydrogens (tertiary/aromatic N) is 2. The lowest BCUT2D eigenvalue weighted by atomic mass is 10.1. The molecule has 0 aliphatic heterocycles. The maximum absolute atomic E-state index is 4.09. The summed E-state index contributed by atoms with van der Waals surface area (Å²) in [5.41, 5.74) is 1.10. The van der Waals surface area contributed by atoms with Crippen molar-refractivity contribution in [2.45, 2.75) is 39.2 Å². The van der Waals surface area contributed by atoms with Gasteiger partial charge in [-0.05, 0) is 30.9 Å². The van der Waals surface area contributed by atoms with Gasteiger partial charge in [-0.25, -0.2) is 0 Å². The number of aromatic nitrogens is 2. The molecular formula is C9H17N3S. The first-order valence-corrected chi connectivity index (χ1v) is 5.72. The molecule has 0 saturated carbocycles. The molecule has 1 atom stereocenters. The second-order valence-corrected chi connectivity index (χ2v) is 3.73. The zero-order chi connectivity index (χ0) is 9.52. The van der Waals surface area contributed by atoms with E-state index in [1.54, 1.807) is 0 Å². The average molecular weight is 199 g/mol. The maximum Gasteiger partial charge on any atom is 0.0924 e. The van der Waals surface area contributed by atoms with Gasteiger partial charge in [0.1, 0.15) is 0 Å². The minimum absolute atomic E-state index is 0.406. The van der Waals surface area contributed by atoms with E-state index in [0.29, 0.717) is 6.04 Å². The molecule has 0 aliphatic carbocycles. The van der Waals surface area contributed by atoms with Gasteiger partial charge < -0.3 is 5.32 Å². The Morgan fingerprint density at radius 3 is 2.85 bits per heavy atom. The number of rotatable bonds is 6. The van der Waals surface area contributed by atoms with Crippen molar-refractivity contribution in [1.82, 2.24) is 14.9 Å². The van der Waals surface area contributed by atoms with Crippen molar-refractivity contribution in [2.75, 3.05) is 6.54 Å². The lowest BCUT2D eigenvalue weighted by molar-refractivity contribution is 0.483. The summed E-state index contributed by atoms with van der Waals surface area (Å²) in [5, 5.41) is 9.60. The topological polar surface area (TPSA) is 37.8 Å². The first-order valence-electron chi connectivity index (χ1n) is 4.88. The predicted octanol–water partition coefficient (Wildman–Crippen LogP) is 2.38. The summed E-state index contributed by atoms with van der Waals surface area (Å²) in [4.78, 5) is 0. The zero-order valence-electron chi connectivity index (χ0n) is 8.29. The minimum atomic E-state index is 0.406. The van der Waals surface area contributed by atoms with Crippen LogP contribution in [0.2, 0.25) is 0 Å². The lowest BCUT2D eigenvalue weighted by Gasteiger charge is -2.14. The fourth-order valence-electron chi connectivity index (χ4n) is 1.29. The molecule has 1 aromatic rings. The van der Waals surface area contributed by atoms with Crippen LogP contribution in [0.15, 0.2) is 5.38 Å². The molecule has 0 spiro atoms. The molecule has 1 N–H and O–H groups in total. The van der Waals surface area contributed by atoms with Crippen LogP contribution in [0.25, 0.3) is 0 Å². The lowest BCUT2D eigenvalue weighted by Crippen LogP contribution is -2.22. The molecule has 1 aromatic heterocycles. The molecule has 0 amide bonds. The Morgan fingerprint density at radius 1 is 1.46 bits per heavy atom. The molecule has 1 rings (SSSR count). The third-order valence-electron chi connectivity index (χ3n) is 1.95. The van der Waals surface area contributed by atoms with Gasteiger partial charge in [-0.15, -0.1) is 5.10 Å². The van der Waals surface area contributed by atoms with Gasteiger partial charge in [0.25, 0.3) is 0 Å². The molecule has 0 fully saturated rings. The summed E-state index contributed by atoms with van der Waals surface area (Å²) in [5.74, 6) is 0. The van der Waals surface area contributed by atoms with Gasteiger partial charge in [0.2, 0.25) is 0 Å². The number of hydrogen-bond acceptors (Lipinski definition) is 4. The van der Waals surface area contributed by atoms with Gasteiger partial charge in [0, 0.05) is 5.38 Å².